The fraction of sp³-hybridized carbons (Fsp3) is 0.625. The highest BCUT2D eigenvalue weighted by Gasteiger charge is 2.14. The zero-order valence-electron chi connectivity index (χ0n) is 13.9. The lowest BCUT2D eigenvalue weighted by Gasteiger charge is -2.21. The van der Waals surface area contributed by atoms with E-state index in [1.54, 1.807) is 6.20 Å². The molecule has 1 amide bonds. The molecule has 0 saturated heterocycles. The Balaban J connectivity index is 2.43. The van der Waals surface area contributed by atoms with Crippen molar-refractivity contribution < 1.29 is 9.53 Å². The lowest BCUT2D eigenvalue weighted by atomic mass is 10.1. The number of aromatic nitrogens is 1. The van der Waals surface area contributed by atoms with Crippen LogP contribution in [0.5, 0.6) is 5.75 Å². The van der Waals surface area contributed by atoms with Crippen LogP contribution < -0.4 is 15.4 Å². The number of hydrogen-bond acceptors (Lipinski definition) is 4. The fourth-order valence-corrected chi connectivity index (χ4v) is 1.56. The van der Waals surface area contributed by atoms with Crippen LogP contribution in [0.2, 0.25) is 0 Å². The predicted molar refractivity (Wildman–Crippen MR) is 84.2 cm³/mol. The monoisotopic (exact) mass is 293 g/mol. The van der Waals surface area contributed by atoms with Crippen molar-refractivity contribution in [3.05, 3.63) is 24.0 Å². The predicted octanol–water partition coefficient (Wildman–Crippen LogP) is 2.26. The third kappa shape index (κ3) is 8.30. The molecule has 1 aromatic heterocycles. The van der Waals surface area contributed by atoms with Crippen LogP contribution in [0.4, 0.5) is 0 Å². The summed E-state index contributed by atoms with van der Waals surface area (Å²) in [5, 5.41) is 6.21. The highest BCUT2D eigenvalue weighted by molar-refractivity contribution is 5.78. The number of rotatable bonds is 5. The van der Waals surface area contributed by atoms with Gasteiger partial charge in [-0.25, -0.2) is 0 Å². The number of nitrogens with one attached hydrogen (secondary N) is 2. The quantitative estimate of drug-likeness (QED) is 0.874. The van der Waals surface area contributed by atoms with E-state index in [0.717, 1.165) is 5.69 Å². The zero-order chi connectivity index (χ0) is 16.1. The molecule has 0 saturated carbocycles. The van der Waals surface area contributed by atoms with Gasteiger partial charge in [0.15, 0.2) is 6.61 Å². The molecule has 1 aromatic rings. The average molecular weight is 293 g/mol. The second kappa shape index (κ2) is 6.89. The van der Waals surface area contributed by atoms with Gasteiger partial charge in [-0.15, -0.1) is 0 Å². The van der Waals surface area contributed by atoms with E-state index in [-0.39, 0.29) is 23.6 Å². The Bertz CT molecular complexity index is 456. The van der Waals surface area contributed by atoms with E-state index in [0.29, 0.717) is 12.3 Å². The van der Waals surface area contributed by atoms with E-state index in [2.05, 4.69) is 36.4 Å². The minimum Gasteiger partial charge on any atom is -0.482 e. The molecule has 5 nitrogen and oxygen atoms in total. The van der Waals surface area contributed by atoms with Crippen molar-refractivity contribution in [2.45, 2.75) is 59.2 Å². The van der Waals surface area contributed by atoms with Crippen molar-refractivity contribution in [3.8, 4) is 5.75 Å². The molecule has 118 valence electrons. The molecule has 0 radical (unpaired) electrons. The number of amides is 1. The number of ether oxygens (including phenoxy) is 1. The van der Waals surface area contributed by atoms with E-state index >= 15 is 0 Å². The summed E-state index contributed by atoms with van der Waals surface area (Å²) in [6, 6.07) is 3.73. The molecular weight excluding hydrogens is 266 g/mol. The van der Waals surface area contributed by atoms with Gasteiger partial charge in [0.2, 0.25) is 0 Å². The van der Waals surface area contributed by atoms with Gasteiger partial charge in [-0.2, -0.15) is 0 Å². The number of nitrogens with zero attached hydrogens (tertiary/aromatic N) is 1. The maximum Gasteiger partial charge on any atom is 0.258 e. The summed E-state index contributed by atoms with van der Waals surface area (Å²) in [6.45, 7) is 12.8. The Morgan fingerprint density at radius 2 is 1.81 bits per heavy atom. The van der Waals surface area contributed by atoms with Gasteiger partial charge in [-0.05, 0) is 53.7 Å². The molecule has 2 N–H and O–H groups in total. The molecule has 0 aliphatic rings. The summed E-state index contributed by atoms with van der Waals surface area (Å²) in [6.07, 6.45) is 1.64. The number of pyridine rings is 1. The summed E-state index contributed by atoms with van der Waals surface area (Å²) >= 11 is 0. The van der Waals surface area contributed by atoms with Crippen LogP contribution >= 0.6 is 0 Å². The van der Waals surface area contributed by atoms with Crippen molar-refractivity contribution >= 4 is 5.91 Å². The molecule has 1 rings (SSSR count). The highest BCUT2D eigenvalue weighted by Crippen LogP contribution is 2.10. The van der Waals surface area contributed by atoms with Crippen LogP contribution in [0, 0.1) is 0 Å². The number of carbonyl (C=O) groups excluding carboxylic acids is 1. The minimum absolute atomic E-state index is 0.00145. The van der Waals surface area contributed by atoms with Crippen LogP contribution in [-0.4, -0.2) is 28.6 Å². The number of carbonyl (C=O) groups is 1. The van der Waals surface area contributed by atoms with Crippen LogP contribution in [0.25, 0.3) is 0 Å². The summed E-state index contributed by atoms with van der Waals surface area (Å²) in [5.74, 6) is 0.458. The molecular formula is C16H27N3O2. The molecule has 0 aliphatic carbocycles. The lowest BCUT2D eigenvalue weighted by Crippen LogP contribution is -2.43. The molecule has 0 unspecified atom stereocenters. The third-order valence-electron chi connectivity index (χ3n) is 2.48. The van der Waals surface area contributed by atoms with Gasteiger partial charge in [0.1, 0.15) is 5.75 Å². The first-order chi connectivity index (χ1) is 9.55. The van der Waals surface area contributed by atoms with Crippen molar-refractivity contribution in [1.82, 2.24) is 15.6 Å². The molecule has 0 atom stereocenters. The first-order valence-corrected chi connectivity index (χ1v) is 7.19. The fourth-order valence-electron chi connectivity index (χ4n) is 1.56. The second-order valence-electron chi connectivity index (χ2n) is 7.18. The summed E-state index contributed by atoms with van der Waals surface area (Å²) in [7, 11) is 0. The SMILES string of the molecule is CC(C)(C)NCc1ccc(OCC(=O)NC(C)(C)C)cn1. The van der Waals surface area contributed by atoms with Gasteiger partial charge >= 0.3 is 0 Å². The zero-order valence-corrected chi connectivity index (χ0v) is 13.9. The van der Waals surface area contributed by atoms with E-state index in [9.17, 15) is 4.79 Å². The Labute approximate surface area is 127 Å². The Hall–Kier alpha value is -1.62. The Morgan fingerprint density at radius 1 is 1.14 bits per heavy atom. The first-order valence-electron chi connectivity index (χ1n) is 7.19. The Morgan fingerprint density at radius 3 is 2.29 bits per heavy atom. The molecule has 0 spiro atoms. The van der Waals surface area contributed by atoms with E-state index in [4.69, 9.17) is 4.74 Å². The minimum atomic E-state index is -0.249. The molecule has 0 fully saturated rings. The van der Waals surface area contributed by atoms with E-state index in [1.165, 1.54) is 0 Å². The smallest absolute Gasteiger partial charge is 0.258 e. The van der Waals surface area contributed by atoms with Gasteiger partial charge in [-0.1, -0.05) is 0 Å². The highest BCUT2D eigenvalue weighted by atomic mass is 16.5. The van der Waals surface area contributed by atoms with Crippen LogP contribution in [0.15, 0.2) is 18.3 Å². The number of hydrogen-bond donors (Lipinski definition) is 2. The van der Waals surface area contributed by atoms with Crippen molar-refractivity contribution in [2.75, 3.05) is 6.61 Å². The molecule has 21 heavy (non-hydrogen) atoms. The summed E-state index contributed by atoms with van der Waals surface area (Å²) in [4.78, 5) is 16.0. The van der Waals surface area contributed by atoms with Gasteiger partial charge in [0.05, 0.1) is 11.9 Å². The first kappa shape index (κ1) is 17.4. The van der Waals surface area contributed by atoms with Gasteiger partial charge < -0.3 is 15.4 Å². The van der Waals surface area contributed by atoms with Gasteiger partial charge in [0, 0.05) is 17.6 Å². The van der Waals surface area contributed by atoms with Crippen LogP contribution in [0.1, 0.15) is 47.2 Å². The molecule has 5 heteroatoms. The van der Waals surface area contributed by atoms with E-state index < -0.39 is 0 Å². The van der Waals surface area contributed by atoms with Crippen LogP contribution in [-0.2, 0) is 11.3 Å². The second-order valence-corrected chi connectivity index (χ2v) is 7.18. The lowest BCUT2D eigenvalue weighted by molar-refractivity contribution is -0.124. The summed E-state index contributed by atoms with van der Waals surface area (Å²) < 4.78 is 5.42. The van der Waals surface area contributed by atoms with E-state index in [1.807, 2.05) is 32.9 Å². The maximum atomic E-state index is 11.6. The Kier molecular flexibility index (Phi) is 5.72. The summed E-state index contributed by atoms with van der Waals surface area (Å²) in [5.41, 5.74) is 0.750. The standard InChI is InChI=1S/C16H27N3O2/c1-15(2,3)18-9-12-7-8-13(10-17-12)21-11-14(20)19-16(4,5)6/h7-8,10,18H,9,11H2,1-6H3,(H,19,20). The molecule has 0 bridgehead atoms. The largest absolute Gasteiger partial charge is 0.482 e. The van der Waals surface area contributed by atoms with Gasteiger partial charge in [0.25, 0.3) is 5.91 Å². The normalized spacial score (nSPS) is 12.1. The molecule has 0 aliphatic heterocycles. The molecule has 0 aromatic carbocycles. The van der Waals surface area contributed by atoms with Crippen molar-refractivity contribution in [1.29, 1.82) is 0 Å². The van der Waals surface area contributed by atoms with Gasteiger partial charge in [-0.3, -0.25) is 9.78 Å². The maximum absolute atomic E-state index is 11.6. The van der Waals surface area contributed by atoms with Crippen molar-refractivity contribution in [2.24, 2.45) is 0 Å². The molecule has 1 heterocycles. The average Bonchev–Trinajstić information content (AvgIpc) is 2.32. The third-order valence-corrected chi connectivity index (χ3v) is 2.48. The van der Waals surface area contributed by atoms with Crippen molar-refractivity contribution in [3.63, 3.8) is 0 Å². The van der Waals surface area contributed by atoms with Crippen LogP contribution in [0.3, 0.4) is 0 Å². The topological polar surface area (TPSA) is 63.2 Å².